The number of nitrogens with one attached hydrogen (secondary N) is 2. The van der Waals surface area contributed by atoms with Crippen molar-refractivity contribution in [1.29, 1.82) is 0 Å². The van der Waals surface area contributed by atoms with E-state index in [1.165, 1.54) is 0 Å². The van der Waals surface area contributed by atoms with Crippen molar-refractivity contribution in [2.45, 2.75) is 31.7 Å². The number of rotatable bonds is 5. The fraction of sp³-hybridized carbons (Fsp3) is 0.636. The van der Waals surface area contributed by atoms with Crippen molar-refractivity contribution in [3.05, 3.63) is 11.9 Å². The van der Waals surface area contributed by atoms with E-state index >= 15 is 0 Å². The molecule has 0 spiro atoms. The third-order valence-electron chi connectivity index (χ3n) is 3.08. The zero-order valence-electron chi connectivity index (χ0n) is 9.75. The molecule has 0 bridgehead atoms. The lowest BCUT2D eigenvalue weighted by molar-refractivity contribution is 0.266. The molecule has 3 N–H and O–H groups in total. The summed E-state index contributed by atoms with van der Waals surface area (Å²) in [5.74, 6) is 1.70. The maximum atomic E-state index is 9.29. The van der Waals surface area contributed by atoms with Crippen LogP contribution in [-0.2, 0) is 6.42 Å². The molecule has 1 aromatic rings. The smallest absolute Gasteiger partial charge is 0.135 e. The Labute approximate surface area is 95.3 Å². The molecule has 0 atom stereocenters. The maximum absolute atomic E-state index is 9.29. The molecule has 1 aromatic heterocycles. The topological polar surface area (TPSA) is 70.1 Å². The fourth-order valence-electron chi connectivity index (χ4n) is 1.80. The van der Waals surface area contributed by atoms with Gasteiger partial charge in [0.15, 0.2) is 0 Å². The van der Waals surface area contributed by atoms with Crippen molar-refractivity contribution in [1.82, 2.24) is 9.97 Å². The molecule has 16 heavy (non-hydrogen) atoms. The van der Waals surface area contributed by atoms with Gasteiger partial charge in [0.1, 0.15) is 18.0 Å². The van der Waals surface area contributed by atoms with Gasteiger partial charge in [0.05, 0.1) is 12.1 Å². The normalized spacial score (nSPS) is 16.9. The van der Waals surface area contributed by atoms with Gasteiger partial charge in [-0.3, -0.25) is 0 Å². The highest BCUT2D eigenvalue weighted by atomic mass is 16.3. The summed E-state index contributed by atoms with van der Waals surface area (Å²) in [4.78, 5) is 8.44. The standard InChI is InChI=1S/C11H18N4O/c1-3-8-9(12-2)13-7-14-10(8)15-11(6-16)4-5-11/h7,16H,3-6H2,1-2H3,(H2,12,13,14,15). The third kappa shape index (κ3) is 1.95. The number of hydrogen-bond donors (Lipinski definition) is 3. The zero-order chi connectivity index (χ0) is 11.6. The van der Waals surface area contributed by atoms with Crippen LogP contribution in [0.3, 0.4) is 0 Å². The van der Waals surface area contributed by atoms with Gasteiger partial charge < -0.3 is 15.7 Å². The van der Waals surface area contributed by atoms with Crippen LogP contribution in [0.4, 0.5) is 11.6 Å². The second-order valence-corrected chi connectivity index (χ2v) is 4.22. The fourth-order valence-corrected chi connectivity index (χ4v) is 1.80. The molecule has 0 aromatic carbocycles. The Hall–Kier alpha value is -1.36. The van der Waals surface area contributed by atoms with E-state index in [4.69, 9.17) is 0 Å². The van der Waals surface area contributed by atoms with E-state index in [1.54, 1.807) is 6.33 Å². The molecule has 5 heteroatoms. The Balaban J connectivity index is 2.26. The number of nitrogens with zero attached hydrogens (tertiary/aromatic N) is 2. The summed E-state index contributed by atoms with van der Waals surface area (Å²) in [5.41, 5.74) is 0.938. The van der Waals surface area contributed by atoms with Gasteiger partial charge in [-0.25, -0.2) is 9.97 Å². The number of anilines is 2. The highest BCUT2D eigenvalue weighted by Gasteiger charge is 2.42. The van der Waals surface area contributed by atoms with E-state index < -0.39 is 0 Å². The summed E-state index contributed by atoms with van der Waals surface area (Å²) in [6.07, 6.45) is 4.42. The first-order chi connectivity index (χ1) is 7.74. The van der Waals surface area contributed by atoms with E-state index in [9.17, 15) is 5.11 Å². The van der Waals surface area contributed by atoms with E-state index in [0.29, 0.717) is 0 Å². The van der Waals surface area contributed by atoms with Crippen LogP contribution in [0.25, 0.3) is 0 Å². The Kier molecular flexibility index (Phi) is 2.96. The van der Waals surface area contributed by atoms with Crippen LogP contribution in [0.2, 0.25) is 0 Å². The summed E-state index contributed by atoms with van der Waals surface area (Å²) in [6.45, 7) is 2.23. The first-order valence-electron chi connectivity index (χ1n) is 5.65. The summed E-state index contributed by atoms with van der Waals surface area (Å²) in [6, 6.07) is 0. The molecule has 5 nitrogen and oxygen atoms in total. The van der Waals surface area contributed by atoms with Gasteiger partial charge >= 0.3 is 0 Å². The first-order valence-corrected chi connectivity index (χ1v) is 5.65. The van der Waals surface area contributed by atoms with Crippen LogP contribution < -0.4 is 10.6 Å². The van der Waals surface area contributed by atoms with Gasteiger partial charge in [-0.1, -0.05) is 6.92 Å². The molecule has 1 aliphatic rings. The van der Waals surface area contributed by atoms with Crippen molar-refractivity contribution < 1.29 is 5.11 Å². The van der Waals surface area contributed by atoms with Crippen LogP contribution in [-0.4, -0.2) is 34.3 Å². The van der Waals surface area contributed by atoms with Crippen LogP contribution in [0, 0.1) is 0 Å². The van der Waals surface area contributed by atoms with E-state index in [1.807, 2.05) is 7.05 Å². The molecular weight excluding hydrogens is 204 g/mol. The van der Waals surface area contributed by atoms with Crippen LogP contribution in [0.5, 0.6) is 0 Å². The largest absolute Gasteiger partial charge is 0.394 e. The van der Waals surface area contributed by atoms with Crippen LogP contribution in [0.1, 0.15) is 25.3 Å². The predicted octanol–water partition coefficient (Wildman–Crippen LogP) is 1.02. The van der Waals surface area contributed by atoms with E-state index in [0.717, 1.165) is 36.5 Å². The number of aliphatic hydroxyl groups is 1. The average molecular weight is 222 g/mol. The van der Waals surface area contributed by atoms with Gasteiger partial charge in [-0.2, -0.15) is 0 Å². The minimum atomic E-state index is -0.136. The highest BCUT2D eigenvalue weighted by Crippen LogP contribution is 2.39. The lowest BCUT2D eigenvalue weighted by atomic mass is 10.2. The van der Waals surface area contributed by atoms with Crippen molar-refractivity contribution in [2.24, 2.45) is 0 Å². The molecule has 0 saturated heterocycles. The van der Waals surface area contributed by atoms with Crippen molar-refractivity contribution in [2.75, 3.05) is 24.3 Å². The Morgan fingerprint density at radius 1 is 1.38 bits per heavy atom. The molecule has 1 fully saturated rings. The molecule has 0 radical (unpaired) electrons. The lowest BCUT2D eigenvalue weighted by Gasteiger charge is -2.18. The van der Waals surface area contributed by atoms with Gasteiger partial charge in [0.25, 0.3) is 0 Å². The van der Waals surface area contributed by atoms with Crippen LogP contribution in [0.15, 0.2) is 6.33 Å². The Bertz CT molecular complexity index is 376. The Morgan fingerprint density at radius 2 is 2.06 bits per heavy atom. The van der Waals surface area contributed by atoms with Gasteiger partial charge in [-0.05, 0) is 19.3 Å². The molecule has 0 unspecified atom stereocenters. The number of hydrogen-bond acceptors (Lipinski definition) is 5. The predicted molar refractivity (Wildman–Crippen MR) is 63.6 cm³/mol. The first kappa shape index (κ1) is 11.1. The molecule has 0 amide bonds. The second kappa shape index (κ2) is 4.25. The summed E-state index contributed by atoms with van der Waals surface area (Å²) in [5, 5.41) is 15.7. The van der Waals surface area contributed by atoms with Crippen molar-refractivity contribution >= 4 is 11.6 Å². The van der Waals surface area contributed by atoms with Crippen molar-refractivity contribution in [3.63, 3.8) is 0 Å². The SMILES string of the molecule is CCc1c(NC)ncnc1NC1(CO)CC1. The van der Waals surface area contributed by atoms with Gasteiger partial charge in [-0.15, -0.1) is 0 Å². The quantitative estimate of drug-likeness (QED) is 0.694. The number of aromatic nitrogens is 2. The van der Waals surface area contributed by atoms with E-state index in [-0.39, 0.29) is 12.1 Å². The van der Waals surface area contributed by atoms with Gasteiger partial charge in [0, 0.05) is 12.6 Å². The number of aliphatic hydroxyl groups excluding tert-OH is 1. The van der Waals surface area contributed by atoms with Crippen LogP contribution >= 0.6 is 0 Å². The molecule has 1 aliphatic carbocycles. The molecule has 1 saturated carbocycles. The van der Waals surface area contributed by atoms with Gasteiger partial charge in [0.2, 0.25) is 0 Å². The maximum Gasteiger partial charge on any atom is 0.135 e. The molecule has 1 heterocycles. The summed E-state index contributed by atoms with van der Waals surface area (Å²) < 4.78 is 0. The molecule has 0 aliphatic heterocycles. The zero-order valence-corrected chi connectivity index (χ0v) is 9.75. The minimum absolute atomic E-state index is 0.136. The third-order valence-corrected chi connectivity index (χ3v) is 3.08. The molecule has 88 valence electrons. The van der Waals surface area contributed by atoms with Crippen molar-refractivity contribution in [3.8, 4) is 0 Å². The minimum Gasteiger partial charge on any atom is -0.394 e. The lowest BCUT2D eigenvalue weighted by Crippen LogP contribution is -2.27. The molecule has 2 rings (SSSR count). The van der Waals surface area contributed by atoms with E-state index in [2.05, 4.69) is 27.5 Å². The summed E-state index contributed by atoms with van der Waals surface area (Å²) >= 11 is 0. The summed E-state index contributed by atoms with van der Waals surface area (Å²) in [7, 11) is 1.85. The average Bonchev–Trinajstić information content (AvgIpc) is 3.09. The second-order valence-electron chi connectivity index (χ2n) is 4.22. The monoisotopic (exact) mass is 222 g/mol. The molecular formula is C11H18N4O. The highest BCUT2D eigenvalue weighted by molar-refractivity contribution is 5.58. The Morgan fingerprint density at radius 3 is 2.56 bits per heavy atom.